The van der Waals surface area contributed by atoms with E-state index in [-0.39, 0.29) is 18.2 Å². The summed E-state index contributed by atoms with van der Waals surface area (Å²) in [6, 6.07) is 29.3. The highest BCUT2D eigenvalue weighted by Crippen LogP contribution is 2.48. The Hall–Kier alpha value is -2.98. The molecule has 0 N–H and O–H groups in total. The zero-order valence-corrected chi connectivity index (χ0v) is 31.8. The molecule has 7 nitrogen and oxygen atoms in total. The summed E-state index contributed by atoms with van der Waals surface area (Å²) in [5.74, 6) is 1.56. The second kappa shape index (κ2) is 22.0. The number of benzene rings is 3. The van der Waals surface area contributed by atoms with E-state index in [1.807, 2.05) is 30.3 Å². The first kappa shape index (κ1) is 40.4. The Morgan fingerprint density at radius 3 is 1.71 bits per heavy atom. The predicted octanol–water partition coefficient (Wildman–Crippen LogP) is 10.8. The SMILES string of the molecule is CCCCCCCCC[C@H](COC(c1ccccc1)(c1ccc(OC)cc1)c1ccc(OC)cc1)OP(OCCC#N)N(C(C)C)C(C)C. The van der Waals surface area contributed by atoms with Crippen LogP contribution in [0.4, 0.5) is 0 Å². The second-order valence-electron chi connectivity index (χ2n) is 13.0. The van der Waals surface area contributed by atoms with E-state index in [0.29, 0.717) is 19.6 Å². The summed E-state index contributed by atoms with van der Waals surface area (Å²) in [4.78, 5) is 0. The molecule has 8 heteroatoms. The molecule has 0 amide bonds. The fraction of sp³-hybridized carbons (Fsp3) is 0.537. The van der Waals surface area contributed by atoms with Crippen molar-refractivity contribution in [2.45, 2.75) is 116 Å². The maximum Gasteiger partial charge on any atom is 0.259 e. The smallest absolute Gasteiger partial charge is 0.259 e. The topological polar surface area (TPSA) is 73.2 Å². The van der Waals surface area contributed by atoms with Gasteiger partial charge in [0, 0.05) is 12.1 Å². The van der Waals surface area contributed by atoms with Crippen molar-refractivity contribution in [1.82, 2.24) is 4.67 Å². The number of ether oxygens (including phenoxy) is 3. The largest absolute Gasteiger partial charge is 0.497 e. The van der Waals surface area contributed by atoms with Crippen LogP contribution in [0.3, 0.4) is 0 Å². The van der Waals surface area contributed by atoms with Crippen LogP contribution in [0.15, 0.2) is 78.9 Å². The van der Waals surface area contributed by atoms with Gasteiger partial charge >= 0.3 is 0 Å². The summed E-state index contributed by atoms with van der Waals surface area (Å²) in [7, 11) is 1.92. The van der Waals surface area contributed by atoms with Gasteiger partial charge in [0.05, 0.1) is 46.0 Å². The molecule has 3 aromatic rings. The van der Waals surface area contributed by atoms with E-state index in [1.54, 1.807) is 14.2 Å². The summed E-state index contributed by atoms with van der Waals surface area (Å²) in [5.41, 5.74) is 2.04. The molecule has 0 spiro atoms. The first-order valence-electron chi connectivity index (χ1n) is 18.0. The lowest BCUT2D eigenvalue weighted by Crippen LogP contribution is -2.38. The average molecular weight is 691 g/mol. The van der Waals surface area contributed by atoms with E-state index in [9.17, 15) is 5.26 Å². The first-order valence-corrected chi connectivity index (χ1v) is 19.2. The van der Waals surface area contributed by atoms with Crippen molar-refractivity contribution in [3.05, 3.63) is 95.6 Å². The van der Waals surface area contributed by atoms with Gasteiger partial charge in [-0.25, -0.2) is 4.67 Å². The molecular weight excluding hydrogens is 631 g/mol. The molecule has 0 aliphatic rings. The highest BCUT2D eigenvalue weighted by Gasteiger charge is 2.39. The fourth-order valence-electron chi connectivity index (χ4n) is 6.21. The molecule has 0 radical (unpaired) electrons. The highest BCUT2D eigenvalue weighted by molar-refractivity contribution is 7.44. The van der Waals surface area contributed by atoms with Gasteiger partial charge in [-0.2, -0.15) is 5.26 Å². The Morgan fingerprint density at radius 1 is 0.714 bits per heavy atom. The Labute approximate surface area is 297 Å². The van der Waals surface area contributed by atoms with E-state index < -0.39 is 14.1 Å². The van der Waals surface area contributed by atoms with Crippen molar-refractivity contribution < 1.29 is 23.3 Å². The van der Waals surface area contributed by atoms with Gasteiger partial charge in [-0.1, -0.05) is 106 Å². The van der Waals surface area contributed by atoms with Crippen molar-refractivity contribution in [2.24, 2.45) is 0 Å². The van der Waals surface area contributed by atoms with Crippen LogP contribution < -0.4 is 9.47 Å². The zero-order chi connectivity index (χ0) is 35.5. The zero-order valence-electron chi connectivity index (χ0n) is 30.9. The number of hydrogen-bond donors (Lipinski definition) is 0. The Morgan fingerprint density at radius 2 is 1.22 bits per heavy atom. The minimum Gasteiger partial charge on any atom is -0.497 e. The molecule has 0 aliphatic heterocycles. The first-order chi connectivity index (χ1) is 23.8. The molecule has 2 atom stereocenters. The summed E-state index contributed by atoms with van der Waals surface area (Å²) < 4.78 is 34.0. The van der Waals surface area contributed by atoms with E-state index >= 15 is 0 Å². The average Bonchev–Trinajstić information content (AvgIpc) is 3.12. The summed E-state index contributed by atoms with van der Waals surface area (Å²) in [5, 5.41) is 9.29. The molecule has 0 saturated carbocycles. The monoisotopic (exact) mass is 690 g/mol. The van der Waals surface area contributed by atoms with Gasteiger partial charge in [-0.3, -0.25) is 0 Å². The van der Waals surface area contributed by atoms with Crippen molar-refractivity contribution in [3.63, 3.8) is 0 Å². The van der Waals surface area contributed by atoms with Crippen molar-refractivity contribution in [1.29, 1.82) is 5.26 Å². The number of methoxy groups -OCH3 is 2. The molecule has 3 rings (SSSR count). The predicted molar refractivity (Wildman–Crippen MR) is 201 cm³/mol. The number of rotatable bonds is 24. The minimum absolute atomic E-state index is 0.204. The third kappa shape index (κ3) is 12.1. The fourth-order valence-corrected chi connectivity index (χ4v) is 7.94. The molecule has 1 unspecified atom stereocenters. The van der Waals surface area contributed by atoms with Gasteiger partial charge in [0.1, 0.15) is 17.1 Å². The quantitative estimate of drug-likeness (QED) is 0.0526. The van der Waals surface area contributed by atoms with E-state index in [0.717, 1.165) is 47.5 Å². The van der Waals surface area contributed by atoms with Gasteiger partial charge in [-0.15, -0.1) is 0 Å². The lowest BCUT2D eigenvalue weighted by atomic mass is 9.80. The highest BCUT2D eigenvalue weighted by atomic mass is 31.2. The van der Waals surface area contributed by atoms with E-state index in [1.165, 1.54) is 32.1 Å². The Bertz CT molecular complexity index is 1290. The summed E-state index contributed by atoms with van der Waals surface area (Å²) in [6.07, 6.45) is 9.42. The molecule has 268 valence electrons. The number of unbranched alkanes of at least 4 members (excludes halogenated alkanes) is 6. The van der Waals surface area contributed by atoms with Crippen LogP contribution >= 0.6 is 8.53 Å². The van der Waals surface area contributed by atoms with Crippen molar-refractivity contribution >= 4 is 8.53 Å². The Kier molecular flexibility index (Phi) is 18.1. The van der Waals surface area contributed by atoms with Gasteiger partial charge < -0.3 is 23.3 Å². The number of nitriles is 1. The van der Waals surface area contributed by atoms with Crippen molar-refractivity contribution in [2.75, 3.05) is 27.4 Å². The van der Waals surface area contributed by atoms with Gasteiger partial charge in [0.15, 0.2) is 0 Å². The lowest BCUT2D eigenvalue weighted by molar-refractivity contribution is -0.0367. The van der Waals surface area contributed by atoms with Gasteiger partial charge in [-0.05, 0) is 75.1 Å². The van der Waals surface area contributed by atoms with Crippen LogP contribution in [0.2, 0.25) is 0 Å². The molecule has 0 heterocycles. The van der Waals surface area contributed by atoms with Crippen LogP contribution in [-0.2, 0) is 19.4 Å². The van der Waals surface area contributed by atoms with Crippen LogP contribution in [0, 0.1) is 11.3 Å². The number of hydrogen-bond acceptors (Lipinski definition) is 7. The second-order valence-corrected chi connectivity index (χ2v) is 14.4. The van der Waals surface area contributed by atoms with Crippen LogP contribution in [0.1, 0.15) is 109 Å². The molecule has 0 bridgehead atoms. The molecular formula is C41H59N2O5P. The maximum absolute atomic E-state index is 9.29. The summed E-state index contributed by atoms with van der Waals surface area (Å²) in [6.45, 7) is 11.6. The molecule has 0 saturated heterocycles. The van der Waals surface area contributed by atoms with Crippen LogP contribution in [-0.4, -0.2) is 50.3 Å². The molecule has 49 heavy (non-hydrogen) atoms. The molecule has 0 fully saturated rings. The van der Waals surface area contributed by atoms with Gasteiger partial charge in [0.25, 0.3) is 8.53 Å². The van der Waals surface area contributed by atoms with Crippen LogP contribution in [0.5, 0.6) is 11.5 Å². The molecule has 0 aliphatic carbocycles. The molecule has 0 aromatic heterocycles. The normalized spacial score (nSPS) is 13.1. The third-order valence-corrected chi connectivity index (χ3v) is 10.9. The maximum atomic E-state index is 9.29. The van der Waals surface area contributed by atoms with Crippen molar-refractivity contribution in [3.8, 4) is 17.6 Å². The third-order valence-electron chi connectivity index (χ3n) is 8.69. The van der Waals surface area contributed by atoms with Gasteiger partial charge in [0.2, 0.25) is 0 Å². The minimum atomic E-state index is -1.44. The summed E-state index contributed by atoms with van der Waals surface area (Å²) >= 11 is 0. The lowest BCUT2D eigenvalue weighted by Gasteiger charge is -2.39. The standard InChI is InChI=1S/C41H59N2O5P/c1-8-9-10-11-12-13-17-21-40(48-49(47-31-18-30-42)43(33(2)3)34(4)5)32-46-41(35-19-15-14-16-20-35,36-22-26-38(44-6)27-23-36)37-24-28-39(45-7)29-25-37/h14-16,19-20,22-29,33-34,40H,8-13,17-18,21,31-32H2,1-7H3/t40-,49?/m1/s1. The van der Waals surface area contributed by atoms with E-state index in [4.69, 9.17) is 23.3 Å². The molecule has 3 aromatic carbocycles. The van der Waals surface area contributed by atoms with E-state index in [2.05, 4.69) is 93.9 Å². The number of nitrogens with zero attached hydrogens (tertiary/aromatic N) is 2. The Balaban J connectivity index is 2.05. The van der Waals surface area contributed by atoms with Crippen LogP contribution in [0.25, 0.3) is 0 Å².